The van der Waals surface area contributed by atoms with Crippen molar-refractivity contribution in [3.63, 3.8) is 0 Å². The van der Waals surface area contributed by atoms with Gasteiger partial charge in [0.05, 0.1) is 12.7 Å². The molecule has 0 aliphatic heterocycles. The Hall–Kier alpha value is -3.81. The third-order valence-electron chi connectivity index (χ3n) is 4.23. The summed E-state index contributed by atoms with van der Waals surface area (Å²) in [6, 6.07) is 13.7. The van der Waals surface area contributed by atoms with Crippen molar-refractivity contribution in [3.8, 4) is 5.75 Å². The molecule has 0 unspecified atom stereocenters. The van der Waals surface area contributed by atoms with Crippen LogP contribution in [0.4, 0.5) is 27.4 Å². The number of carbonyl (C=O) groups excluding carboxylic acids is 1. The first-order valence-corrected chi connectivity index (χ1v) is 8.87. The Balaban J connectivity index is 1.90. The number of anilines is 4. The zero-order chi connectivity index (χ0) is 21.0. The van der Waals surface area contributed by atoms with E-state index in [0.29, 0.717) is 23.7 Å². The topological polar surface area (TPSA) is 115 Å². The van der Waals surface area contributed by atoms with Gasteiger partial charge in [0.25, 0.3) is 5.91 Å². The van der Waals surface area contributed by atoms with Crippen molar-refractivity contribution in [2.45, 2.75) is 13.5 Å². The summed E-state index contributed by atoms with van der Waals surface area (Å²) < 4.78 is 19.7. The fourth-order valence-corrected chi connectivity index (χ4v) is 2.79. The summed E-state index contributed by atoms with van der Waals surface area (Å²) in [5.74, 6) is -0.692. The Kier molecular flexibility index (Phi) is 5.82. The summed E-state index contributed by atoms with van der Waals surface area (Å²) in [6.45, 7) is 2.23. The molecule has 1 heterocycles. The van der Waals surface area contributed by atoms with Gasteiger partial charge in [0.15, 0.2) is 11.6 Å². The molecular formula is C21H22FN5O2. The predicted octanol–water partition coefficient (Wildman–Crippen LogP) is 3.57. The van der Waals surface area contributed by atoms with Gasteiger partial charge in [0.2, 0.25) is 0 Å². The van der Waals surface area contributed by atoms with Gasteiger partial charge in [0.1, 0.15) is 11.6 Å². The molecule has 2 aromatic carbocycles. The fourth-order valence-electron chi connectivity index (χ4n) is 2.79. The number of benzene rings is 2. The number of halogens is 1. The van der Waals surface area contributed by atoms with Crippen molar-refractivity contribution in [2.75, 3.05) is 23.5 Å². The number of hydrogen-bond donors (Lipinski definition) is 4. The Morgan fingerprint density at radius 2 is 1.86 bits per heavy atom. The van der Waals surface area contributed by atoms with Crippen LogP contribution in [-0.4, -0.2) is 18.0 Å². The second kappa shape index (κ2) is 8.47. The SMILES string of the molecule is COc1cc(C)cc(Nc2nc(NCc3ccc(N)cc3)c(F)cc2C(N)=O)c1. The molecular weight excluding hydrogens is 373 g/mol. The number of pyridine rings is 1. The first-order chi connectivity index (χ1) is 13.9. The highest BCUT2D eigenvalue weighted by Gasteiger charge is 2.16. The van der Waals surface area contributed by atoms with Crippen LogP contribution in [0.25, 0.3) is 0 Å². The summed E-state index contributed by atoms with van der Waals surface area (Å²) in [6.07, 6.45) is 0. The van der Waals surface area contributed by atoms with Crippen molar-refractivity contribution in [3.05, 3.63) is 71.0 Å². The van der Waals surface area contributed by atoms with Crippen LogP contribution in [0.2, 0.25) is 0 Å². The number of ether oxygens (including phenoxy) is 1. The van der Waals surface area contributed by atoms with Crippen LogP contribution in [0.3, 0.4) is 0 Å². The number of methoxy groups -OCH3 is 1. The zero-order valence-corrected chi connectivity index (χ0v) is 16.1. The molecule has 0 radical (unpaired) electrons. The molecule has 3 aromatic rings. The van der Waals surface area contributed by atoms with Crippen LogP contribution < -0.4 is 26.8 Å². The number of hydrogen-bond acceptors (Lipinski definition) is 6. The molecule has 0 saturated carbocycles. The van der Waals surface area contributed by atoms with E-state index in [9.17, 15) is 9.18 Å². The second-order valence-electron chi connectivity index (χ2n) is 6.54. The number of carbonyl (C=O) groups is 1. The lowest BCUT2D eigenvalue weighted by Gasteiger charge is -2.14. The number of rotatable bonds is 7. The van der Waals surface area contributed by atoms with Crippen LogP contribution >= 0.6 is 0 Å². The van der Waals surface area contributed by atoms with E-state index in [-0.39, 0.29) is 17.2 Å². The van der Waals surface area contributed by atoms with Gasteiger partial charge in [-0.3, -0.25) is 4.79 Å². The van der Waals surface area contributed by atoms with E-state index in [4.69, 9.17) is 16.2 Å². The summed E-state index contributed by atoms with van der Waals surface area (Å²) >= 11 is 0. The third kappa shape index (κ3) is 4.92. The molecule has 0 fully saturated rings. The van der Waals surface area contributed by atoms with Crippen LogP contribution in [0.15, 0.2) is 48.5 Å². The standard InChI is InChI=1S/C21H22FN5O2/c1-12-7-15(9-16(8-12)29-2)26-20-17(19(24)28)10-18(22)21(27-20)25-11-13-3-5-14(23)6-4-13/h3-10H,11,23H2,1-2H3,(H2,24,28)(H2,25,26,27). The highest BCUT2D eigenvalue weighted by atomic mass is 19.1. The number of primary amides is 1. The van der Waals surface area contributed by atoms with Gasteiger partial charge in [0, 0.05) is 24.0 Å². The van der Waals surface area contributed by atoms with E-state index < -0.39 is 11.7 Å². The van der Waals surface area contributed by atoms with Gasteiger partial charge in [-0.05, 0) is 48.4 Å². The summed E-state index contributed by atoms with van der Waals surface area (Å²) in [7, 11) is 1.56. The van der Waals surface area contributed by atoms with Crippen LogP contribution in [0.5, 0.6) is 5.75 Å². The molecule has 1 aromatic heterocycles. The van der Waals surface area contributed by atoms with Crippen molar-refractivity contribution in [1.82, 2.24) is 4.98 Å². The number of nitrogens with two attached hydrogens (primary N) is 2. The Labute approximate surface area is 167 Å². The molecule has 0 aliphatic carbocycles. The minimum absolute atomic E-state index is 0.00561. The van der Waals surface area contributed by atoms with Gasteiger partial charge < -0.3 is 26.8 Å². The van der Waals surface area contributed by atoms with Gasteiger partial charge in [-0.1, -0.05) is 12.1 Å². The summed E-state index contributed by atoms with van der Waals surface area (Å²) in [5, 5.41) is 5.96. The molecule has 1 amide bonds. The van der Waals surface area contributed by atoms with Gasteiger partial charge in [-0.25, -0.2) is 9.37 Å². The number of aryl methyl sites for hydroxylation is 1. The number of nitrogens with one attached hydrogen (secondary N) is 2. The largest absolute Gasteiger partial charge is 0.497 e. The lowest BCUT2D eigenvalue weighted by Crippen LogP contribution is -2.16. The fraction of sp³-hybridized carbons (Fsp3) is 0.143. The van der Waals surface area contributed by atoms with Gasteiger partial charge >= 0.3 is 0 Å². The number of nitrogen functional groups attached to an aromatic ring is 1. The minimum Gasteiger partial charge on any atom is -0.497 e. The minimum atomic E-state index is -0.788. The second-order valence-corrected chi connectivity index (χ2v) is 6.54. The molecule has 29 heavy (non-hydrogen) atoms. The van der Waals surface area contributed by atoms with Crippen molar-refractivity contribution < 1.29 is 13.9 Å². The Morgan fingerprint density at radius 3 is 2.52 bits per heavy atom. The maximum Gasteiger partial charge on any atom is 0.252 e. The molecule has 150 valence electrons. The predicted molar refractivity (Wildman–Crippen MR) is 112 cm³/mol. The zero-order valence-electron chi connectivity index (χ0n) is 16.1. The lowest BCUT2D eigenvalue weighted by molar-refractivity contribution is 0.100. The first-order valence-electron chi connectivity index (χ1n) is 8.87. The molecule has 8 heteroatoms. The van der Waals surface area contributed by atoms with E-state index in [1.165, 1.54) is 0 Å². The number of amides is 1. The Bertz CT molecular complexity index is 1040. The molecule has 3 rings (SSSR count). The van der Waals surface area contributed by atoms with Gasteiger partial charge in [-0.2, -0.15) is 0 Å². The average molecular weight is 395 g/mol. The molecule has 7 nitrogen and oxygen atoms in total. The summed E-state index contributed by atoms with van der Waals surface area (Å²) in [4.78, 5) is 16.0. The smallest absolute Gasteiger partial charge is 0.252 e. The highest BCUT2D eigenvalue weighted by Crippen LogP contribution is 2.27. The molecule has 6 N–H and O–H groups in total. The normalized spacial score (nSPS) is 10.4. The molecule has 0 bridgehead atoms. The summed E-state index contributed by atoms with van der Waals surface area (Å²) in [5.41, 5.74) is 14.1. The van der Waals surface area contributed by atoms with Crippen LogP contribution in [0.1, 0.15) is 21.5 Å². The van der Waals surface area contributed by atoms with E-state index in [1.54, 1.807) is 25.3 Å². The van der Waals surface area contributed by atoms with Gasteiger partial charge in [-0.15, -0.1) is 0 Å². The maximum atomic E-state index is 14.5. The van der Waals surface area contributed by atoms with Crippen molar-refractivity contribution >= 4 is 28.9 Å². The quantitative estimate of drug-likeness (QED) is 0.455. The van der Waals surface area contributed by atoms with Crippen LogP contribution in [0, 0.1) is 12.7 Å². The van der Waals surface area contributed by atoms with E-state index >= 15 is 0 Å². The van der Waals surface area contributed by atoms with Crippen molar-refractivity contribution in [1.29, 1.82) is 0 Å². The van der Waals surface area contributed by atoms with E-state index in [0.717, 1.165) is 17.2 Å². The number of nitrogens with zero attached hydrogens (tertiary/aromatic N) is 1. The lowest BCUT2D eigenvalue weighted by atomic mass is 10.2. The first kappa shape index (κ1) is 19.9. The molecule has 0 saturated heterocycles. The third-order valence-corrected chi connectivity index (χ3v) is 4.23. The monoisotopic (exact) mass is 395 g/mol. The molecule has 0 atom stereocenters. The Morgan fingerprint density at radius 1 is 1.14 bits per heavy atom. The molecule has 0 aliphatic rings. The van der Waals surface area contributed by atoms with Crippen molar-refractivity contribution in [2.24, 2.45) is 5.73 Å². The number of aromatic nitrogens is 1. The average Bonchev–Trinajstić information content (AvgIpc) is 2.68. The van der Waals surface area contributed by atoms with Crippen LogP contribution in [-0.2, 0) is 6.54 Å². The highest BCUT2D eigenvalue weighted by molar-refractivity contribution is 5.98. The molecule has 0 spiro atoms. The maximum absolute atomic E-state index is 14.5. The van der Waals surface area contributed by atoms with E-state index in [1.807, 2.05) is 31.2 Å². The van der Waals surface area contributed by atoms with E-state index in [2.05, 4.69) is 15.6 Å².